The normalized spacial score (nSPS) is 14.6. The zero-order valence-corrected chi connectivity index (χ0v) is 17.9. The Kier molecular flexibility index (Phi) is 5.46. The number of thiazole rings is 1. The molecule has 0 atom stereocenters. The van der Waals surface area contributed by atoms with Gasteiger partial charge in [0.1, 0.15) is 0 Å². The summed E-state index contributed by atoms with van der Waals surface area (Å²) in [7, 11) is 0. The molecule has 1 aromatic carbocycles. The lowest BCUT2D eigenvalue weighted by atomic mass is 10.0. The second kappa shape index (κ2) is 8.45. The second-order valence-electron chi connectivity index (χ2n) is 7.24. The summed E-state index contributed by atoms with van der Waals surface area (Å²) in [5.41, 5.74) is -0.0524. The van der Waals surface area contributed by atoms with E-state index in [1.165, 1.54) is 40.2 Å². The minimum Gasteiger partial charge on any atom is -0.378 e. The van der Waals surface area contributed by atoms with E-state index in [-0.39, 0.29) is 22.6 Å². The maximum atomic E-state index is 13.8. The third kappa shape index (κ3) is 4.26. The minimum atomic E-state index is -4.60. The number of amides is 1. The van der Waals surface area contributed by atoms with Crippen LogP contribution < -0.4 is 10.2 Å². The number of carbonyl (C=O) groups is 1. The van der Waals surface area contributed by atoms with E-state index in [4.69, 9.17) is 4.74 Å². The Bertz CT molecular complexity index is 1300. The molecule has 0 spiro atoms. The van der Waals surface area contributed by atoms with Crippen molar-refractivity contribution < 1.29 is 22.7 Å². The van der Waals surface area contributed by atoms with Crippen LogP contribution in [0.1, 0.15) is 15.9 Å². The van der Waals surface area contributed by atoms with Crippen LogP contribution >= 0.6 is 11.3 Å². The summed E-state index contributed by atoms with van der Waals surface area (Å²) in [5, 5.41) is 9.02. The van der Waals surface area contributed by atoms with Crippen molar-refractivity contribution in [1.29, 1.82) is 0 Å². The predicted octanol–water partition coefficient (Wildman–Crippen LogP) is 3.96. The molecule has 5 rings (SSSR count). The van der Waals surface area contributed by atoms with Crippen molar-refractivity contribution in [3.63, 3.8) is 0 Å². The van der Waals surface area contributed by atoms with Crippen molar-refractivity contribution in [2.24, 2.45) is 0 Å². The maximum absolute atomic E-state index is 13.8. The van der Waals surface area contributed by atoms with Gasteiger partial charge in [0, 0.05) is 42.1 Å². The van der Waals surface area contributed by atoms with Crippen molar-refractivity contribution >= 4 is 33.7 Å². The van der Waals surface area contributed by atoms with E-state index >= 15 is 0 Å². The fourth-order valence-electron chi connectivity index (χ4n) is 3.63. The van der Waals surface area contributed by atoms with E-state index < -0.39 is 17.6 Å². The Morgan fingerprint density at radius 3 is 2.73 bits per heavy atom. The number of hydrogen-bond donors (Lipinski definition) is 1. The van der Waals surface area contributed by atoms with Crippen LogP contribution in [0.15, 0.2) is 48.1 Å². The summed E-state index contributed by atoms with van der Waals surface area (Å²) < 4.78 is 48.1. The van der Waals surface area contributed by atoms with Gasteiger partial charge in [0.15, 0.2) is 16.6 Å². The number of morpholine rings is 1. The van der Waals surface area contributed by atoms with Crippen LogP contribution in [0.25, 0.3) is 17.0 Å². The lowest BCUT2D eigenvalue weighted by Crippen LogP contribution is -2.36. The van der Waals surface area contributed by atoms with Gasteiger partial charge in [-0.25, -0.2) is 14.5 Å². The van der Waals surface area contributed by atoms with Gasteiger partial charge in [-0.1, -0.05) is 0 Å². The maximum Gasteiger partial charge on any atom is 0.417 e. The summed E-state index contributed by atoms with van der Waals surface area (Å²) in [6.07, 6.45) is -1.51. The number of fused-ring (bicyclic) bond motifs is 1. The summed E-state index contributed by atoms with van der Waals surface area (Å²) in [6, 6.07) is 7.04. The molecule has 1 N–H and O–H groups in total. The van der Waals surface area contributed by atoms with Gasteiger partial charge in [0.05, 0.1) is 24.3 Å². The van der Waals surface area contributed by atoms with Crippen molar-refractivity contribution in [2.45, 2.75) is 6.18 Å². The first kappa shape index (κ1) is 21.3. The van der Waals surface area contributed by atoms with E-state index in [1.54, 1.807) is 17.6 Å². The minimum absolute atomic E-state index is 0.119. The molecule has 4 heterocycles. The Balaban J connectivity index is 1.58. The average Bonchev–Trinajstić information content (AvgIpc) is 3.48. The molecule has 8 nitrogen and oxygen atoms in total. The second-order valence-corrected chi connectivity index (χ2v) is 8.14. The molecule has 1 amide bonds. The fraction of sp³-hybridized carbons (Fsp3) is 0.238. The number of hydrogen-bond acceptors (Lipinski definition) is 7. The predicted molar refractivity (Wildman–Crippen MR) is 117 cm³/mol. The number of aromatic nitrogens is 4. The molecule has 1 aliphatic rings. The fourth-order valence-corrected chi connectivity index (χ4v) is 4.15. The van der Waals surface area contributed by atoms with E-state index in [0.717, 1.165) is 6.07 Å². The number of pyridine rings is 1. The highest BCUT2D eigenvalue weighted by Crippen LogP contribution is 2.38. The Labute approximate surface area is 189 Å². The summed E-state index contributed by atoms with van der Waals surface area (Å²) in [5.74, 6) is -0.598. The third-order valence-electron chi connectivity index (χ3n) is 5.19. The van der Waals surface area contributed by atoms with Crippen LogP contribution in [-0.4, -0.2) is 51.8 Å². The van der Waals surface area contributed by atoms with Crippen molar-refractivity contribution in [3.05, 3.63) is 59.2 Å². The van der Waals surface area contributed by atoms with Crippen LogP contribution in [0.3, 0.4) is 0 Å². The number of nitrogens with one attached hydrogen (secondary N) is 1. The molecule has 0 aliphatic carbocycles. The van der Waals surface area contributed by atoms with E-state index in [0.29, 0.717) is 37.1 Å². The number of anilines is 2. The zero-order valence-electron chi connectivity index (χ0n) is 17.0. The number of carbonyl (C=O) groups excluding carboxylic acids is 1. The van der Waals surface area contributed by atoms with Crippen LogP contribution in [-0.2, 0) is 10.9 Å². The van der Waals surface area contributed by atoms with Gasteiger partial charge in [-0.3, -0.25) is 10.1 Å². The van der Waals surface area contributed by atoms with Gasteiger partial charge in [0.2, 0.25) is 0 Å². The van der Waals surface area contributed by atoms with Crippen LogP contribution in [0.2, 0.25) is 0 Å². The molecule has 12 heteroatoms. The number of alkyl halides is 3. The van der Waals surface area contributed by atoms with E-state index in [2.05, 4.69) is 20.4 Å². The van der Waals surface area contributed by atoms with Crippen molar-refractivity contribution in [3.8, 4) is 11.4 Å². The zero-order chi connectivity index (χ0) is 23.0. The number of benzene rings is 1. The molecule has 0 radical (unpaired) electrons. The highest BCUT2D eigenvalue weighted by molar-refractivity contribution is 7.13. The molecule has 170 valence electrons. The van der Waals surface area contributed by atoms with E-state index in [1.807, 2.05) is 4.90 Å². The molecule has 4 aromatic rings. The van der Waals surface area contributed by atoms with Gasteiger partial charge in [-0.15, -0.1) is 16.4 Å². The van der Waals surface area contributed by atoms with Crippen LogP contribution in [0.4, 0.5) is 24.0 Å². The largest absolute Gasteiger partial charge is 0.417 e. The Hall–Kier alpha value is -3.51. The smallest absolute Gasteiger partial charge is 0.378 e. The topological polar surface area (TPSA) is 84.7 Å². The summed E-state index contributed by atoms with van der Waals surface area (Å²) in [6.45, 7) is 2.15. The van der Waals surface area contributed by atoms with Crippen LogP contribution in [0.5, 0.6) is 0 Å². The highest BCUT2D eigenvalue weighted by Gasteiger charge is 2.35. The first-order chi connectivity index (χ1) is 15.9. The van der Waals surface area contributed by atoms with Crippen molar-refractivity contribution in [2.75, 3.05) is 36.5 Å². The number of halogens is 3. The molecule has 1 fully saturated rings. The molecule has 3 aromatic heterocycles. The summed E-state index contributed by atoms with van der Waals surface area (Å²) in [4.78, 5) is 23.0. The highest BCUT2D eigenvalue weighted by atomic mass is 32.1. The average molecular weight is 474 g/mol. The van der Waals surface area contributed by atoms with E-state index in [9.17, 15) is 18.0 Å². The SMILES string of the molecule is O=C(Nc1nccs1)c1cccn2nc(-c3cc(N4CCOCC4)ccc3C(F)(F)F)nc12. The number of nitrogens with zero attached hydrogens (tertiary/aromatic N) is 5. The molecule has 1 aliphatic heterocycles. The Morgan fingerprint density at radius 2 is 2.00 bits per heavy atom. The van der Waals surface area contributed by atoms with Gasteiger partial charge < -0.3 is 9.64 Å². The van der Waals surface area contributed by atoms with Gasteiger partial charge >= 0.3 is 6.18 Å². The molecular weight excluding hydrogens is 457 g/mol. The molecule has 0 bridgehead atoms. The lowest BCUT2D eigenvalue weighted by Gasteiger charge is -2.29. The monoisotopic (exact) mass is 474 g/mol. The van der Waals surface area contributed by atoms with Gasteiger partial charge in [-0.05, 0) is 30.3 Å². The van der Waals surface area contributed by atoms with Crippen molar-refractivity contribution in [1.82, 2.24) is 19.6 Å². The standard InChI is InChI=1S/C21H17F3N6O2S/c22-21(23,24)16-4-3-13(29-7-9-32-10-8-29)12-15(16)17-26-18-14(2-1-6-30(18)28-17)19(31)27-20-25-5-11-33-20/h1-6,11-12H,7-10H2,(H,25,27,31). The summed E-state index contributed by atoms with van der Waals surface area (Å²) >= 11 is 1.25. The molecule has 0 saturated carbocycles. The molecule has 33 heavy (non-hydrogen) atoms. The van der Waals surface area contributed by atoms with Gasteiger partial charge in [0.25, 0.3) is 5.91 Å². The first-order valence-electron chi connectivity index (χ1n) is 10.0. The Morgan fingerprint density at radius 1 is 1.18 bits per heavy atom. The van der Waals surface area contributed by atoms with Crippen LogP contribution in [0, 0.1) is 0 Å². The van der Waals surface area contributed by atoms with Gasteiger partial charge in [-0.2, -0.15) is 13.2 Å². The lowest BCUT2D eigenvalue weighted by molar-refractivity contribution is -0.137. The third-order valence-corrected chi connectivity index (χ3v) is 5.87. The quantitative estimate of drug-likeness (QED) is 0.482. The first-order valence-corrected chi connectivity index (χ1v) is 10.9. The molecular formula is C21H17F3N6O2S. The number of rotatable bonds is 4. The molecule has 0 unspecified atom stereocenters. The molecule has 1 saturated heterocycles. The number of ether oxygens (including phenoxy) is 1.